The summed E-state index contributed by atoms with van der Waals surface area (Å²) in [7, 11) is 0. The fourth-order valence-corrected chi connectivity index (χ4v) is 2.47. The minimum atomic E-state index is -2.26. The Balaban J connectivity index is 3.10. The first-order valence-electron chi connectivity index (χ1n) is 7.99. The van der Waals surface area contributed by atoms with Gasteiger partial charge in [-0.15, -0.1) is 5.92 Å². The van der Waals surface area contributed by atoms with Gasteiger partial charge in [0.05, 0.1) is 5.92 Å². The summed E-state index contributed by atoms with van der Waals surface area (Å²) in [6.45, 7) is 8.53. The van der Waals surface area contributed by atoms with Crippen LogP contribution < -0.4 is 0 Å². The van der Waals surface area contributed by atoms with Crippen molar-refractivity contribution in [1.82, 2.24) is 0 Å². The minimum absolute atomic E-state index is 0.234. The molecule has 1 aliphatic heterocycles. The van der Waals surface area contributed by atoms with Crippen molar-refractivity contribution >= 4 is 11.9 Å². The van der Waals surface area contributed by atoms with Crippen LogP contribution in [0.15, 0.2) is 0 Å². The van der Waals surface area contributed by atoms with Gasteiger partial charge in [-0.05, 0) is 12.3 Å². The maximum absolute atomic E-state index is 12.4. The van der Waals surface area contributed by atoms with Gasteiger partial charge in [0.2, 0.25) is 0 Å². The van der Waals surface area contributed by atoms with Gasteiger partial charge >= 0.3 is 17.5 Å². The molecule has 23 heavy (non-hydrogen) atoms. The number of carbonyl (C=O) groups excluding carboxylic acids is 2. The van der Waals surface area contributed by atoms with Crippen LogP contribution in [0.2, 0.25) is 0 Å². The molecule has 0 spiro atoms. The molecule has 1 N–H and O–H groups in total. The van der Waals surface area contributed by atoms with Crippen LogP contribution in [0.1, 0.15) is 60.3 Å². The van der Waals surface area contributed by atoms with Gasteiger partial charge < -0.3 is 9.47 Å². The first kappa shape index (κ1) is 19.5. The normalized spacial score (nSPS) is 20.3. The zero-order valence-electron chi connectivity index (χ0n) is 14.5. The Kier molecular flexibility index (Phi) is 6.60. The molecular weight excluding hydrogens is 300 g/mol. The van der Waals surface area contributed by atoms with Gasteiger partial charge in [-0.25, -0.2) is 14.5 Å². The van der Waals surface area contributed by atoms with Gasteiger partial charge in [-0.3, -0.25) is 5.26 Å². The summed E-state index contributed by atoms with van der Waals surface area (Å²) in [4.78, 5) is 29.1. The molecule has 1 unspecified atom stereocenters. The van der Waals surface area contributed by atoms with E-state index in [1.807, 2.05) is 0 Å². The average molecular weight is 326 g/mol. The molecule has 130 valence electrons. The average Bonchev–Trinajstić information content (AvgIpc) is 2.43. The van der Waals surface area contributed by atoms with Crippen molar-refractivity contribution in [3.05, 3.63) is 0 Å². The molecule has 1 saturated heterocycles. The molecule has 0 aromatic rings. The van der Waals surface area contributed by atoms with Gasteiger partial charge in [0.1, 0.15) is 0 Å². The molecule has 1 rings (SSSR count). The van der Waals surface area contributed by atoms with Gasteiger partial charge in [-0.2, -0.15) is 0 Å². The molecule has 1 heterocycles. The van der Waals surface area contributed by atoms with Crippen molar-refractivity contribution in [3.63, 3.8) is 0 Å². The summed E-state index contributed by atoms with van der Waals surface area (Å²) in [6, 6.07) is 0. The zero-order valence-corrected chi connectivity index (χ0v) is 14.5. The predicted octanol–water partition coefficient (Wildman–Crippen LogP) is 2.91. The standard InChI is InChI=1S/C17H26O6/c1-6-7-8-9-10-11-13(12(2)3)17(23-20)14(18)21-16(4,5)22-15(17)19/h12-13,20H,6-9H2,1-5H3. The molecule has 0 aliphatic carbocycles. The lowest BCUT2D eigenvalue weighted by molar-refractivity contribution is -0.350. The van der Waals surface area contributed by atoms with Crippen molar-refractivity contribution in [2.45, 2.75) is 71.7 Å². The highest BCUT2D eigenvalue weighted by molar-refractivity contribution is 6.06. The number of hydrogen-bond acceptors (Lipinski definition) is 6. The van der Waals surface area contributed by atoms with E-state index in [1.54, 1.807) is 13.8 Å². The number of esters is 2. The monoisotopic (exact) mass is 326 g/mol. The van der Waals surface area contributed by atoms with Crippen LogP contribution in [0, 0.1) is 23.7 Å². The van der Waals surface area contributed by atoms with Crippen LogP contribution in [0.4, 0.5) is 0 Å². The molecule has 0 saturated carbocycles. The molecule has 6 nitrogen and oxygen atoms in total. The zero-order chi connectivity index (χ0) is 17.7. The lowest BCUT2D eigenvalue weighted by Crippen LogP contribution is -2.64. The second-order valence-corrected chi connectivity index (χ2v) is 6.51. The SMILES string of the molecule is CCCCCC#CC(C(C)C)C1(OO)C(=O)OC(C)(C)OC1=O. The van der Waals surface area contributed by atoms with Gasteiger partial charge in [0, 0.05) is 20.3 Å². The van der Waals surface area contributed by atoms with Crippen molar-refractivity contribution in [2.75, 3.05) is 0 Å². The molecule has 0 radical (unpaired) electrons. The molecule has 1 fully saturated rings. The van der Waals surface area contributed by atoms with Gasteiger partial charge in [0.15, 0.2) is 0 Å². The van der Waals surface area contributed by atoms with Crippen LogP contribution in [0.25, 0.3) is 0 Å². The van der Waals surface area contributed by atoms with E-state index in [-0.39, 0.29) is 5.92 Å². The number of hydrogen-bond donors (Lipinski definition) is 1. The summed E-state index contributed by atoms with van der Waals surface area (Å²) in [6.07, 6.45) is 3.71. The summed E-state index contributed by atoms with van der Waals surface area (Å²) in [5, 5.41) is 9.34. The molecule has 0 amide bonds. The highest BCUT2D eigenvalue weighted by Gasteiger charge is 2.63. The largest absolute Gasteiger partial charge is 0.420 e. The number of unbranched alkanes of at least 4 members (excludes halogenated alkanes) is 3. The maximum atomic E-state index is 12.4. The highest BCUT2D eigenvalue weighted by atomic mass is 17.1. The molecule has 6 heteroatoms. The number of cyclic esters (lactones) is 2. The van der Waals surface area contributed by atoms with E-state index in [9.17, 15) is 14.8 Å². The lowest BCUT2D eigenvalue weighted by atomic mass is 9.79. The number of carbonyl (C=O) groups is 2. The molecule has 0 bridgehead atoms. The fraction of sp³-hybridized carbons (Fsp3) is 0.765. The summed E-state index contributed by atoms with van der Waals surface area (Å²) >= 11 is 0. The van der Waals surface area contributed by atoms with Crippen molar-refractivity contribution in [2.24, 2.45) is 11.8 Å². The number of ether oxygens (including phenoxy) is 2. The fourth-order valence-electron chi connectivity index (χ4n) is 2.47. The summed E-state index contributed by atoms with van der Waals surface area (Å²) < 4.78 is 10.2. The molecular formula is C17H26O6. The quantitative estimate of drug-likeness (QED) is 0.202. The van der Waals surface area contributed by atoms with Gasteiger partial charge in [-0.1, -0.05) is 39.5 Å². The van der Waals surface area contributed by atoms with E-state index in [0.717, 1.165) is 19.3 Å². The summed E-state index contributed by atoms with van der Waals surface area (Å²) in [5.41, 5.74) is -2.26. The highest BCUT2D eigenvalue weighted by Crippen LogP contribution is 2.37. The Labute approximate surface area is 137 Å². The van der Waals surface area contributed by atoms with Crippen molar-refractivity contribution in [3.8, 4) is 11.8 Å². The van der Waals surface area contributed by atoms with Crippen LogP contribution in [-0.4, -0.2) is 28.6 Å². The Morgan fingerprint density at radius 2 is 1.74 bits per heavy atom. The Bertz CT molecular complexity index is 477. The first-order chi connectivity index (χ1) is 10.7. The third kappa shape index (κ3) is 4.24. The second-order valence-electron chi connectivity index (χ2n) is 6.51. The lowest BCUT2D eigenvalue weighted by Gasteiger charge is -2.41. The topological polar surface area (TPSA) is 82.1 Å². The molecule has 0 aromatic carbocycles. The van der Waals surface area contributed by atoms with Crippen LogP contribution >= 0.6 is 0 Å². The summed E-state index contributed by atoms with van der Waals surface area (Å²) in [5.74, 6) is 1.39. The number of rotatable bonds is 6. The molecule has 0 aromatic heterocycles. The van der Waals surface area contributed by atoms with E-state index < -0.39 is 29.2 Å². The maximum Gasteiger partial charge on any atom is 0.358 e. The van der Waals surface area contributed by atoms with E-state index in [1.165, 1.54) is 13.8 Å². The Hall–Kier alpha value is -1.58. The van der Waals surface area contributed by atoms with E-state index >= 15 is 0 Å². The third-order valence-corrected chi connectivity index (χ3v) is 3.69. The molecule has 1 aliphatic rings. The van der Waals surface area contributed by atoms with Crippen LogP contribution in [0.5, 0.6) is 0 Å². The minimum Gasteiger partial charge on any atom is -0.420 e. The van der Waals surface area contributed by atoms with Crippen molar-refractivity contribution < 1.29 is 29.2 Å². The smallest absolute Gasteiger partial charge is 0.358 e. The van der Waals surface area contributed by atoms with Crippen molar-refractivity contribution in [1.29, 1.82) is 0 Å². The second kappa shape index (κ2) is 7.80. The van der Waals surface area contributed by atoms with E-state index in [2.05, 4.69) is 23.7 Å². The first-order valence-corrected chi connectivity index (χ1v) is 7.99. The molecule has 1 atom stereocenters. The van der Waals surface area contributed by atoms with Crippen LogP contribution in [-0.2, 0) is 24.0 Å². The third-order valence-electron chi connectivity index (χ3n) is 3.69. The van der Waals surface area contributed by atoms with E-state index in [4.69, 9.17) is 9.47 Å². The Morgan fingerprint density at radius 1 is 1.17 bits per heavy atom. The predicted molar refractivity (Wildman–Crippen MR) is 83.0 cm³/mol. The van der Waals surface area contributed by atoms with Crippen LogP contribution in [0.3, 0.4) is 0 Å². The Morgan fingerprint density at radius 3 is 2.17 bits per heavy atom. The van der Waals surface area contributed by atoms with E-state index in [0.29, 0.717) is 6.42 Å². The van der Waals surface area contributed by atoms with Gasteiger partial charge in [0.25, 0.3) is 5.79 Å².